The summed E-state index contributed by atoms with van der Waals surface area (Å²) in [5, 5.41) is 5.10. The van der Waals surface area contributed by atoms with Gasteiger partial charge < -0.3 is 14.8 Å². The Bertz CT molecular complexity index is 588. The van der Waals surface area contributed by atoms with E-state index in [0.29, 0.717) is 22.2 Å². The summed E-state index contributed by atoms with van der Waals surface area (Å²) in [5.74, 6) is 0.826. The van der Waals surface area contributed by atoms with Crippen molar-refractivity contribution in [2.45, 2.75) is 13.3 Å². The number of carbonyl (C=O) groups excluding carboxylic acids is 1. The first-order chi connectivity index (χ1) is 9.69. The van der Waals surface area contributed by atoms with Crippen LogP contribution in [0.4, 0.5) is 5.69 Å². The van der Waals surface area contributed by atoms with Gasteiger partial charge in [-0.05, 0) is 18.6 Å². The van der Waals surface area contributed by atoms with Crippen LogP contribution < -0.4 is 14.8 Å². The van der Waals surface area contributed by atoms with Crippen molar-refractivity contribution in [3.63, 3.8) is 0 Å². The number of hydrogen-bond donors (Lipinski definition) is 1. The molecule has 0 bridgehead atoms. The summed E-state index contributed by atoms with van der Waals surface area (Å²) in [6, 6.07) is 5.32. The fraction of sp³-hybridized carbons (Fsp3) is 0.286. The number of amides is 1. The number of carbonyl (C=O) groups is 1. The van der Waals surface area contributed by atoms with Gasteiger partial charge >= 0.3 is 0 Å². The minimum atomic E-state index is -0.266. The molecule has 1 aromatic carbocycles. The molecule has 106 valence electrons. The molecule has 0 saturated heterocycles. The lowest BCUT2D eigenvalue weighted by Crippen LogP contribution is -2.13. The van der Waals surface area contributed by atoms with E-state index in [9.17, 15) is 4.79 Å². The number of nitrogens with zero attached hydrogens (tertiary/aromatic N) is 1. The second-order valence-corrected chi connectivity index (χ2v) is 4.85. The van der Waals surface area contributed by atoms with Gasteiger partial charge in [-0.1, -0.05) is 13.0 Å². The molecule has 6 heteroatoms. The third kappa shape index (κ3) is 2.91. The van der Waals surface area contributed by atoms with Crippen LogP contribution in [-0.2, 0) is 6.42 Å². The predicted molar refractivity (Wildman–Crippen MR) is 79.0 cm³/mol. The molecule has 0 radical (unpaired) electrons. The number of hydrogen-bond acceptors (Lipinski definition) is 5. The Morgan fingerprint density at radius 1 is 1.30 bits per heavy atom. The topological polar surface area (TPSA) is 60.5 Å². The molecule has 1 N–H and O–H groups in total. The van der Waals surface area contributed by atoms with Gasteiger partial charge in [-0.3, -0.25) is 4.79 Å². The van der Waals surface area contributed by atoms with Crippen molar-refractivity contribution in [2.75, 3.05) is 19.5 Å². The van der Waals surface area contributed by atoms with Crippen LogP contribution in [0.2, 0.25) is 0 Å². The van der Waals surface area contributed by atoms with Crippen molar-refractivity contribution in [3.05, 3.63) is 34.3 Å². The number of anilines is 1. The highest BCUT2D eigenvalue weighted by atomic mass is 32.1. The Morgan fingerprint density at radius 2 is 1.95 bits per heavy atom. The van der Waals surface area contributed by atoms with Gasteiger partial charge in [0.25, 0.3) is 5.91 Å². The first kappa shape index (κ1) is 14.3. The number of nitrogens with one attached hydrogen (secondary N) is 1. The third-order valence-corrected chi connectivity index (χ3v) is 3.66. The van der Waals surface area contributed by atoms with Crippen LogP contribution in [0, 0.1) is 0 Å². The highest BCUT2D eigenvalue weighted by Crippen LogP contribution is 2.34. The molecule has 5 nitrogen and oxygen atoms in total. The summed E-state index contributed by atoms with van der Waals surface area (Å²) >= 11 is 1.32. The molecule has 1 aromatic heterocycles. The maximum absolute atomic E-state index is 12.2. The normalized spacial score (nSPS) is 10.2. The quantitative estimate of drug-likeness (QED) is 0.920. The molecule has 0 aliphatic heterocycles. The molecule has 1 amide bonds. The lowest BCUT2D eigenvalue weighted by Gasteiger charge is -2.13. The molecule has 0 unspecified atom stereocenters. The Kier molecular flexibility index (Phi) is 4.57. The fourth-order valence-electron chi connectivity index (χ4n) is 1.72. The first-order valence-electron chi connectivity index (χ1n) is 6.16. The van der Waals surface area contributed by atoms with Gasteiger partial charge in [-0.15, -0.1) is 11.3 Å². The largest absolute Gasteiger partial charge is 0.494 e. The number of ether oxygens (including phenoxy) is 2. The number of aromatic nitrogens is 1. The van der Waals surface area contributed by atoms with Gasteiger partial charge in [0.1, 0.15) is 17.2 Å². The number of rotatable bonds is 5. The van der Waals surface area contributed by atoms with Crippen molar-refractivity contribution >= 4 is 22.9 Å². The fourth-order valence-corrected chi connectivity index (χ4v) is 2.51. The lowest BCUT2D eigenvalue weighted by molar-refractivity contribution is 0.102. The van der Waals surface area contributed by atoms with E-state index < -0.39 is 0 Å². The van der Waals surface area contributed by atoms with Crippen LogP contribution in [0.3, 0.4) is 0 Å². The standard InChI is InChI=1S/C14H16N2O3S/c1-4-9-8-20-14(15-9)13(17)16-12-10(18-2)6-5-7-11(12)19-3/h5-8H,4H2,1-3H3,(H,16,17). The molecule has 2 rings (SSSR count). The molecule has 0 atom stereocenters. The van der Waals surface area contributed by atoms with E-state index >= 15 is 0 Å². The van der Waals surface area contributed by atoms with Crippen LogP contribution in [0.1, 0.15) is 22.4 Å². The van der Waals surface area contributed by atoms with Crippen molar-refractivity contribution in [1.82, 2.24) is 4.98 Å². The molecule has 0 spiro atoms. The van der Waals surface area contributed by atoms with E-state index in [1.807, 2.05) is 12.3 Å². The Hall–Kier alpha value is -2.08. The number of para-hydroxylation sites is 1. The lowest BCUT2D eigenvalue weighted by atomic mass is 10.2. The highest BCUT2D eigenvalue weighted by Gasteiger charge is 2.16. The summed E-state index contributed by atoms with van der Waals surface area (Å²) in [4.78, 5) is 16.5. The average Bonchev–Trinajstić information content (AvgIpc) is 2.96. The summed E-state index contributed by atoms with van der Waals surface area (Å²) in [5.41, 5.74) is 1.42. The van der Waals surface area contributed by atoms with Crippen molar-refractivity contribution in [1.29, 1.82) is 0 Å². The van der Waals surface area contributed by atoms with E-state index in [1.54, 1.807) is 32.4 Å². The second-order valence-electron chi connectivity index (χ2n) is 3.99. The molecular weight excluding hydrogens is 276 g/mol. The molecular formula is C14H16N2O3S. The van der Waals surface area contributed by atoms with Gasteiger partial charge in [0.2, 0.25) is 0 Å². The Balaban J connectivity index is 2.27. The summed E-state index contributed by atoms with van der Waals surface area (Å²) in [6.45, 7) is 2.00. The summed E-state index contributed by atoms with van der Waals surface area (Å²) in [7, 11) is 3.09. The van der Waals surface area contributed by atoms with Gasteiger partial charge in [-0.25, -0.2) is 4.98 Å². The molecule has 0 aliphatic rings. The number of methoxy groups -OCH3 is 2. The minimum Gasteiger partial charge on any atom is -0.494 e. The van der Waals surface area contributed by atoms with E-state index in [-0.39, 0.29) is 5.91 Å². The zero-order valence-corrected chi connectivity index (χ0v) is 12.4. The molecule has 2 aromatic rings. The molecule has 0 fully saturated rings. The Labute approximate surface area is 121 Å². The Morgan fingerprint density at radius 3 is 2.45 bits per heavy atom. The average molecular weight is 292 g/mol. The van der Waals surface area contributed by atoms with Crippen LogP contribution >= 0.6 is 11.3 Å². The van der Waals surface area contributed by atoms with Gasteiger partial charge in [0.05, 0.1) is 19.9 Å². The van der Waals surface area contributed by atoms with E-state index in [1.165, 1.54) is 11.3 Å². The number of thiazole rings is 1. The molecule has 1 heterocycles. The maximum atomic E-state index is 12.2. The van der Waals surface area contributed by atoms with Crippen molar-refractivity contribution in [2.24, 2.45) is 0 Å². The van der Waals surface area contributed by atoms with Crippen LogP contribution in [0.5, 0.6) is 11.5 Å². The number of benzene rings is 1. The summed E-state index contributed by atoms with van der Waals surface area (Å²) in [6.07, 6.45) is 0.807. The smallest absolute Gasteiger partial charge is 0.284 e. The van der Waals surface area contributed by atoms with E-state index in [0.717, 1.165) is 12.1 Å². The highest BCUT2D eigenvalue weighted by molar-refractivity contribution is 7.11. The van der Waals surface area contributed by atoms with Crippen LogP contribution in [0.25, 0.3) is 0 Å². The molecule has 20 heavy (non-hydrogen) atoms. The maximum Gasteiger partial charge on any atom is 0.284 e. The van der Waals surface area contributed by atoms with Crippen molar-refractivity contribution < 1.29 is 14.3 Å². The van der Waals surface area contributed by atoms with Crippen LogP contribution in [-0.4, -0.2) is 25.1 Å². The summed E-state index contributed by atoms with van der Waals surface area (Å²) < 4.78 is 10.5. The van der Waals surface area contributed by atoms with E-state index in [2.05, 4.69) is 10.3 Å². The second kappa shape index (κ2) is 6.38. The third-order valence-electron chi connectivity index (χ3n) is 2.77. The zero-order chi connectivity index (χ0) is 14.5. The van der Waals surface area contributed by atoms with E-state index in [4.69, 9.17) is 9.47 Å². The first-order valence-corrected chi connectivity index (χ1v) is 7.04. The molecule has 0 saturated carbocycles. The monoisotopic (exact) mass is 292 g/mol. The number of aryl methyl sites for hydroxylation is 1. The SMILES string of the molecule is CCc1csc(C(=O)Nc2c(OC)cccc2OC)n1. The van der Waals surface area contributed by atoms with Gasteiger partial charge in [0.15, 0.2) is 5.01 Å². The van der Waals surface area contributed by atoms with Crippen LogP contribution in [0.15, 0.2) is 23.6 Å². The van der Waals surface area contributed by atoms with Gasteiger partial charge in [0, 0.05) is 5.38 Å². The predicted octanol–water partition coefficient (Wildman–Crippen LogP) is 2.98. The zero-order valence-electron chi connectivity index (χ0n) is 11.6. The van der Waals surface area contributed by atoms with Crippen molar-refractivity contribution in [3.8, 4) is 11.5 Å². The minimum absolute atomic E-state index is 0.266. The van der Waals surface area contributed by atoms with Gasteiger partial charge in [-0.2, -0.15) is 0 Å². The molecule has 0 aliphatic carbocycles.